The quantitative estimate of drug-likeness (QED) is 0.757. The van der Waals surface area contributed by atoms with Crippen LogP contribution in [0.25, 0.3) is 22.9 Å². The fourth-order valence-corrected chi connectivity index (χ4v) is 2.58. The van der Waals surface area contributed by atoms with Crippen LogP contribution < -0.4 is 4.74 Å². The molecular formula is C16H14N4O. The van der Waals surface area contributed by atoms with E-state index in [-0.39, 0.29) is 0 Å². The highest BCUT2D eigenvalue weighted by atomic mass is 16.5. The van der Waals surface area contributed by atoms with Crippen molar-refractivity contribution in [1.82, 2.24) is 20.2 Å². The van der Waals surface area contributed by atoms with Gasteiger partial charge in [0, 0.05) is 29.9 Å². The lowest BCUT2D eigenvalue weighted by Gasteiger charge is -2.20. The number of rotatable bonds is 2. The first kappa shape index (κ1) is 12.0. The Bertz CT molecular complexity index is 773. The summed E-state index contributed by atoms with van der Waals surface area (Å²) in [5.74, 6) is 0.923. The van der Waals surface area contributed by atoms with Crippen LogP contribution in [-0.4, -0.2) is 26.8 Å². The van der Waals surface area contributed by atoms with Crippen LogP contribution in [0.5, 0.6) is 5.75 Å². The minimum Gasteiger partial charge on any atom is -0.493 e. The lowest BCUT2D eigenvalue weighted by Crippen LogP contribution is -2.07. The van der Waals surface area contributed by atoms with Gasteiger partial charge in [0.15, 0.2) is 0 Å². The summed E-state index contributed by atoms with van der Waals surface area (Å²) in [6.07, 6.45) is 8.32. The lowest BCUT2D eigenvalue weighted by molar-refractivity contribution is 0.317. The van der Waals surface area contributed by atoms with Gasteiger partial charge in [0.1, 0.15) is 5.75 Å². The number of imidazole rings is 1. The van der Waals surface area contributed by atoms with E-state index in [4.69, 9.17) is 4.74 Å². The third kappa shape index (κ3) is 2.23. The molecule has 4 rings (SSSR count). The third-order valence-corrected chi connectivity index (χ3v) is 3.61. The van der Waals surface area contributed by atoms with Gasteiger partial charge in [0.2, 0.25) is 0 Å². The van der Waals surface area contributed by atoms with Gasteiger partial charge in [-0.2, -0.15) is 5.10 Å². The highest BCUT2D eigenvalue weighted by molar-refractivity contribution is 5.85. The van der Waals surface area contributed by atoms with E-state index in [0.717, 1.165) is 34.7 Å². The van der Waals surface area contributed by atoms with Crippen LogP contribution in [0.2, 0.25) is 0 Å². The van der Waals surface area contributed by atoms with Gasteiger partial charge in [-0.1, -0.05) is 0 Å². The maximum absolute atomic E-state index is 5.75. The second-order valence-corrected chi connectivity index (χ2v) is 4.94. The van der Waals surface area contributed by atoms with Crippen LogP contribution in [0.1, 0.15) is 17.7 Å². The van der Waals surface area contributed by atoms with Gasteiger partial charge in [-0.25, -0.2) is 4.98 Å². The van der Waals surface area contributed by atoms with E-state index in [9.17, 15) is 0 Å². The standard InChI is InChI=1S/C16H14N4O/c1-2-16-14(8-12(1)15-3-5-19-20-15)11(4-6-21-16)7-13-9-17-10-18-13/h1-3,5,7-10H,4,6H2,(H,17,18)(H,19,20)/b11-7+. The maximum atomic E-state index is 5.75. The second-order valence-electron chi connectivity index (χ2n) is 4.94. The smallest absolute Gasteiger partial charge is 0.126 e. The molecule has 104 valence electrons. The molecule has 2 N–H and O–H groups in total. The van der Waals surface area contributed by atoms with Crippen molar-refractivity contribution in [3.05, 3.63) is 54.2 Å². The first-order valence-electron chi connectivity index (χ1n) is 6.86. The monoisotopic (exact) mass is 278 g/mol. The molecule has 0 bridgehead atoms. The summed E-state index contributed by atoms with van der Waals surface area (Å²) in [4.78, 5) is 7.24. The molecular weight excluding hydrogens is 264 g/mol. The van der Waals surface area contributed by atoms with Gasteiger partial charge in [-0.3, -0.25) is 5.10 Å². The number of benzene rings is 1. The largest absolute Gasteiger partial charge is 0.493 e. The van der Waals surface area contributed by atoms with E-state index in [2.05, 4.69) is 32.3 Å². The molecule has 0 aliphatic carbocycles. The predicted molar refractivity (Wildman–Crippen MR) is 80.6 cm³/mol. The summed E-state index contributed by atoms with van der Waals surface area (Å²) >= 11 is 0. The molecule has 5 nitrogen and oxygen atoms in total. The minimum atomic E-state index is 0.701. The number of H-pyrrole nitrogens is 2. The fraction of sp³-hybridized carbons (Fsp3) is 0.125. The third-order valence-electron chi connectivity index (χ3n) is 3.61. The number of fused-ring (bicyclic) bond motifs is 1. The first-order chi connectivity index (χ1) is 10.4. The van der Waals surface area contributed by atoms with Crippen molar-refractivity contribution >= 4 is 11.6 Å². The maximum Gasteiger partial charge on any atom is 0.126 e. The topological polar surface area (TPSA) is 66.6 Å². The summed E-state index contributed by atoms with van der Waals surface area (Å²) < 4.78 is 5.75. The average Bonchev–Trinajstić information content (AvgIpc) is 3.21. The molecule has 1 aliphatic rings. The zero-order valence-electron chi connectivity index (χ0n) is 11.3. The summed E-state index contributed by atoms with van der Waals surface area (Å²) in [5, 5.41) is 7.00. The summed E-state index contributed by atoms with van der Waals surface area (Å²) in [6.45, 7) is 0.701. The van der Waals surface area contributed by atoms with E-state index in [1.165, 1.54) is 5.57 Å². The van der Waals surface area contributed by atoms with Crippen LogP contribution in [0.3, 0.4) is 0 Å². The molecule has 1 aliphatic heterocycles. The number of nitrogens with zero attached hydrogens (tertiary/aromatic N) is 2. The van der Waals surface area contributed by atoms with Crippen LogP contribution in [0, 0.1) is 0 Å². The molecule has 3 aromatic rings. The van der Waals surface area contributed by atoms with Gasteiger partial charge in [0.05, 0.1) is 24.3 Å². The highest BCUT2D eigenvalue weighted by Crippen LogP contribution is 2.36. The molecule has 0 atom stereocenters. The van der Waals surface area contributed by atoms with Gasteiger partial charge >= 0.3 is 0 Å². The Morgan fingerprint density at radius 3 is 3.05 bits per heavy atom. The van der Waals surface area contributed by atoms with Gasteiger partial charge in [-0.05, 0) is 35.9 Å². The zero-order valence-corrected chi connectivity index (χ0v) is 11.3. The van der Waals surface area contributed by atoms with Crippen molar-refractivity contribution < 1.29 is 4.74 Å². The summed E-state index contributed by atoms with van der Waals surface area (Å²) in [5.41, 5.74) is 5.40. The molecule has 2 aromatic heterocycles. The summed E-state index contributed by atoms with van der Waals surface area (Å²) in [6, 6.07) is 8.16. The molecule has 0 fully saturated rings. The first-order valence-corrected chi connectivity index (χ1v) is 6.86. The SMILES string of the molecule is C(=C1/CCOc2ccc(-c3ccn[nH]3)cc21)/c1c[nH]cn1. The van der Waals surface area contributed by atoms with Gasteiger partial charge in [-0.15, -0.1) is 0 Å². The molecule has 0 saturated heterocycles. The molecule has 0 unspecified atom stereocenters. The molecule has 5 heteroatoms. The number of aromatic amines is 2. The van der Waals surface area contributed by atoms with Gasteiger partial charge in [0.25, 0.3) is 0 Å². The van der Waals surface area contributed by atoms with E-state index >= 15 is 0 Å². The number of nitrogens with one attached hydrogen (secondary N) is 2. The molecule has 1 aromatic carbocycles. The molecule has 21 heavy (non-hydrogen) atoms. The van der Waals surface area contributed by atoms with E-state index < -0.39 is 0 Å². The van der Waals surface area contributed by atoms with Crippen LogP contribution in [0.15, 0.2) is 43.0 Å². The highest BCUT2D eigenvalue weighted by Gasteiger charge is 2.16. The Balaban J connectivity index is 1.80. The predicted octanol–water partition coefficient (Wildman–Crippen LogP) is 3.12. The number of aromatic nitrogens is 4. The molecule has 0 amide bonds. The molecule has 0 radical (unpaired) electrons. The minimum absolute atomic E-state index is 0.701. The molecule has 3 heterocycles. The fourth-order valence-electron chi connectivity index (χ4n) is 2.58. The Kier molecular flexibility index (Phi) is 2.81. The molecule has 0 saturated carbocycles. The van der Waals surface area contributed by atoms with E-state index in [1.54, 1.807) is 12.5 Å². The van der Waals surface area contributed by atoms with Crippen molar-refractivity contribution in [3.63, 3.8) is 0 Å². The average molecular weight is 278 g/mol. The van der Waals surface area contributed by atoms with Crippen LogP contribution in [0.4, 0.5) is 0 Å². The Morgan fingerprint density at radius 1 is 1.24 bits per heavy atom. The Hall–Kier alpha value is -2.82. The molecule has 0 spiro atoms. The Morgan fingerprint density at radius 2 is 2.24 bits per heavy atom. The zero-order chi connectivity index (χ0) is 14.1. The number of hydrogen-bond acceptors (Lipinski definition) is 3. The normalized spacial score (nSPS) is 15.7. The lowest BCUT2D eigenvalue weighted by atomic mass is 9.96. The van der Waals surface area contributed by atoms with Gasteiger partial charge < -0.3 is 9.72 Å². The summed E-state index contributed by atoms with van der Waals surface area (Å²) in [7, 11) is 0. The Labute approximate surface area is 121 Å². The van der Waals surface area contributed by atoms with Crippen molar-refractivity contribution in [2.24, 2.45) is 0 Å². The van der Waals surface area contributed by atoms with Crippen molar-refractivity contribution in [1.29, 1.82) is 0 Å². The van der Waals surface area contributed by atoms with Crippen LogP contribution in [-0.2, 0) is 0 Å². The van der Waals surface area contributed by atoms with Crippen molar-refractivity contribution in [2.75, 3.05) is 6.61 Å². The van der Waals surface area contributed by atoms with E-state index in [1.807, 2.05) is 24.4 Å². The number of hydrogen-bond donors (Lipinski definition) is 2. The van der Waals surface area contributed by atoms with Crippen molar-refractivity contribution in [2.45, 2.75) is 6.42 Å². The number of ether oxygens (including phenoxy) is 1. The van der Waals surface area contributed by atoms with Crippen LogP contribution >= 0.6 is 0 Å². The second kappa shape index (κ2) is 4.94. The van der Waals surface area contributed by atoms with Crippen molar-refractivity contribution in [3.8, 4) is 17.0 Å². The van der Waals surface area contributed by atoms with E-state index in [0.29, 0.717) is 6.61 Å².